The summed E-state index contributed by atoms with van der Waals surface area (Å²) in [6.45, 7) is 0. The van der Waals surface area contributed by atoms with E-state index in [0.717, 1.165) is 12.1 Å². The number of cyclic esters (lactones) is 1. The fourth-order valence-electron chi connectivity index (χ4n) is 2.12. The minimum Gasteiger partial charge on any atom is -0.402 e. The van der Waals surface area contributed by atoms with Gasteiger partial charge in [-0.25, -0.2) is 9.79 Å². The molecule has 0 fully saturated rings. The second kappa shape index (κ2) is 6.13. The summed E-state index contributed by atoms with van der Waals surface area (Å²) in [5.41, 5.74) is -0.274. The highest BCUT2D eigenvalue weighted by molar-refractivity contribution is 6.34. The standard InChI is InChI=1S/C17H9ClF3NO2/c18-13-7-2-1-6-12(13)15-22-14(16(23)24-15)9-10-4-3-5-11(8-10)17(19,20)21/h1-9H/b14-9-. The number of hydrogen-bond donors (Lipinski definition) is 0. The van der Waals surface area contributed by atoms with Gasteiger partial charge in [0.25, 0.3) is 0 Å². The molecule has 3 nitrogen and oxygen atoms in total. The average molecular weight is 352 g/mol. The predicted octanol–water partition coefficient (Wildman–Crippen LogP) is 4.70. The Kier molecular flexibility index (Phi) is 4.15. The van der Waals surface area contributed by atoms with Crippen molar-refractivity contribution in [3.05, 3.63) is 75.9 Å². The minimum absolute atomic E-state index is 0.0174. The van der Waals surface area contributed by atoms with E-state index >= 15 is 0 Å². The molecule has 1 heterocycles. The molecule has 1 aliphatic rings. The van der Waals surface area contributed by atoms with Gasteiger partial charge in [-0.2, -0.15) is 13.2 Å². The number of esters is 1. The van der Waals surface area contributed by atoms with Crippen LogP contribution in [0.1, 0.15) is 16.7 Å². The highest BCUT2D eigenvalue weighted by atomic mass is 35.5. The molecule has 0 atom stereocenters. The van der Waals surface area contributed by atoms with E-state index in [2.05, 4.69) is 4.99 Å². The second-order valence-electron chi connectivity index (χ2n) is 4.94. The first-order valence-electron chi connectivity index (χ1n) is 6.79. The average Bonchev–Trinajstić information content (AvgIpc) is 2.88. The van der Waals surface area contributed by atoms with Crippen LogP contribution in [-0.2, 0) is 15.7 Å². The lowest BCUT2D eigenvalue weighted by atomic mass is 10.1. The van der Waals surface area contributed by atoms with Crippen LogP contribution in [-0.4, -0.2) is 11.9 Å². The molecule has 0 unspecified atom stereocenters. The Balaban J connectivity index is 1.96. The van der Waals surface area contributed by atoms with Gasteiger partial charge in [-0.3, -0.25) is 0 Å². The maximum Gasteiger partial charge on any atom is 0.416 e. The molecule has 3 rings (SSSR count). The molecule has 7 heteroatoms. The van der Waals surface area contributed by atoms with Crippen molar-refractivity contribution in [3.8, 4) is 0 Å². The van der Waals surface area contributed by atoms with Crippen molar-refractivity contribution in [1.29, 1.82) is 0 Å². The Bertz CT molecular complexity index is 872. The first-order valence-corrected chi connectivity index (χ1v) is 7.17. The molecule has 1 aliphatic heterocycles. The van der Waals surface area contributed by atoms with Crippen LogP contribution in [0.2, 0.25) is 5.02 Å². The molecule has 0 amide bonds. The van der Waals surface area contributed by atoms with E-state index < -0.39 is 17.7 Å². The number of carbonyl (C=O) groups is 1. The number of ether oxygens (including phenoxy) is 1. The SMILES string of the molecule is O=C1OC(c2ccccc2Cl)=N/C1=C\c1cccc(C(F)(F)F)c1. The first-order chi connectivity index (χ1) is 11.3. The maximum atomic E-state index is 12.7. The number of aliphatic imine (C=N–C) groups is 1. The minimum atomic E-state index is -4.46. The lowest BCUT2D eigenvalue weighted by molar-refractivity contribution is -0.137. The fourth-order valence-corrected chi connectivity index (χ4v) is 2.34. The van der Waals surface area contributed by atoms with Gasteiger partial charge in [0.1, 0.15) is 0 Å². The second-order valence-corrected chi connectivity index (χ2v) is 5.35. The van der Waals surface area contributed by atoms with E-state index in [0.29, 0.717) is 10.6 Å². The Morgan fingerprint density at radius 3 is 2.54 bits per heavy atom. The molecule has 0 bridgehead atoms. The predicted molar refractivity (Wildman–Crippen MR) is 83.5 cm³/mol. The highest BCUT2D eigenvalue weighted by Crippen LogP contribution is 2.30. The van der Waals surface area contributed by atoms with Crippen molar-refractivity contribution in [2.24, 2.45) is 4.99 Å². The molecule has 0 radical (unpaired) electrons. The lowest BCUT2D eigenvalue weighted by Gasteiger charge is -2.06. The Hall–Kier alpha value is -2.60. The lowest BCUT2D eigenvalue weighted by Crippen LogP contribution is -2.06. The summed E-state index contributed by atoms with van der Waals surface area (Å²) in [6.07, 6.45) is -3.22. The van der Waals surface area contributed by atoms with Crippen LogP contribution in [0.3, 0.4) is 0 Å². The van der Waals surface area contributed by atoms with Gasteiger partial charge >= 0.3 is 12.1 Å². The topological polar surface area (TPSA) is 38.7 Å². The number of benzene rings is 2. The number of nitrogens with zero attached hydrogens (tertiary/aromatic N) is 1. The van der Waals surface area contributed by atoms with Crippen molar-refractivity contribution in [2.45, 2.75) is 6.18 Å². The molecular weight excluding hydrogens is 343 g/mol. The molecule has 2 aromatic rings. The van der Waals surface area contributed by atoms with Gasteiger partial charge in [-0.1, -0.05) is 35.9 Å². The Morgan fingerprint density at radius 2 is 1.83 bits per heavy atom. The van der Waals surface area contributed by atoms with Gasteiger partial charge < -0.3 is 4.74 Å². The zero-order chi connectivity index (χ0) is 17.3. The van der Waals surface area contributed by atoms with Gasteiger partial charge in [0.15, 0.2) is 5.70 Å². The summed E-state index contributed by atoms with van der Waals surface area (Å²) in [5, 5.41) is 0.351. The van der Waals surface area contributed by atoms with E-state index in [9.17, 15) is 18.0 Å². The van der Waals surface area contributed by atoms with Crippen LogP contribution < -0.4 is 0 Å². The fraction of sp³-hybridized carbons (Fsp3) is 0.0588. The zero-order valence-electron chi connectivity index (χ0n) is 12.0. The first kappa shape index (κ1) is 16.3. The van der Waals surface area contributed by atoms with Crippen molar-refractivity contribution in [2.75, 3.05) is 0 Å². The molecule has 24 heavy (non-hydrogen) atoms. The van der Waals surface area contributed by atoms with Gasteiger partial charge in [0.05, 0.1) is 16.1 Å². The van der Waals surface area contributed by atoms with Crippen molar-refractivity contribution >= 4 is 29.5 Å². The van der Waals surface area contributed by atoms with Crippen LogP contribution in [0.25, 0.3) is 6.08 Å². The van der Waals surface area contributed by atoms with Crippen LogP contribution >= 0.6 is 11.6 Å². The molecule has 0 saturated carbocycles. The quantitative estimate of drug-likeness (QED) is 0.581. The number of rotatable bonds is 2. The van der Waals surface area contributed by atoms with E-state index in [-0.39, 0.29) is 17.2 Å². The van der Waals surface area contributed by atoms with E-state index in [1.54, 1.807) is 24.3 Å². The zero-order valence-corrected chi connectivity index (χ0v) is 12.7. The molecule has 0 N–H and O–H groups in total. The van der Waals surface area contributed by atoms with E-state index in [1.807, 2.05) is 0 Å². The molecular formula is C17H9ClF3NO2. The maximum absolute atomic E-state index is 12.7. The summed E-state index contributed by atoms with van der Waals surface area (Å²) in [6, 6.07) is 11.2. The largest absolute Gasteiger partial charge is 0.416 e. The normalized spacial score (nSPS) is 16.2. The molecule has 122 valence electrons. The highest BCUT2D eigenvalue weighted by Gasteiger charge is 2.30. The molecule has 2 aromatic carbocycles. The molecule has 0 saturated heterocycles. The molecule has 0 aliphatic carbocycles. The van der Waals surface area contributed by atoms with Crippen LogP contribution in [0.5, 0.6) is 0 Å². The summed E-state index contributed by atoms with van der Waals surface area (Å²) >= 11 is 6.01. The van der Waals surface area contributed by atoms with Crippen LogP contribution in [0.15, 0.2) is 59.2 Å². The van der Waals surface area contributed by atoms with Crippen molar-refractivity contribution < 1.29 is 22.7 Å². The summed E-state index contributed by atoms with van der Waals surface area (Å²) < 4.78 is 43.2. The van der Waals surface area contributed by atoms with Crippen molar-refractivity contribution in [1.82, 2.24) is 0 Å². The van der Waals surface area contributed by atoms with Gasteiger partial charge in [0.2, 0.25) is 5.90 Å². The van der Waals surface area contributed by atoms with Gasteiger partial charge in [0, 0.05) is 0 Å². The van der Waals surface area contributed by atoms with Gasteiger partial charge in [-0.15, -0.1) is 0 Å². The Morgan fingerprint density at radius 1 is 1.08 bits per heavy atom. The molecule has 0 aromatic heterocycles. The van der Waals surface area contributed by atoms with Crippen LogP contribution in [0, 0.1) is 0 Å². The number of carbonyl (C=O) groups excluding carboxylic acids is 1. The smallest absolute Gasteiger partial charge is 0.402 e. The third kappa shape index (κ3) is 3.33. The number of hydrogen-bond acceptors (Lipinski definition) is 3. The Labute approximate surface area is 140 Å². The summed E-state index contributed by atoms with van der Waals surface area (Å²) in [5.74, 6) is -0.730. The monoisotopic (exact) mass is 351 g/mol. The molecule has 0 spiro atoms. The third-order valence-corrected chi connectivity index (χ3v) is 3.57. The van der Waals surface area contributed by atoms with E-state index in [4.69, 9.17) is 16.3 Å². The summed E-state index contributed by atoms with van der Waals surface area (Å²) in [7, 11) is 0. The van der Waals surface area contributed by atoms with Gasteiger partial charge in [-0.05, 0) is 35.9 Å². The summed E-state index contributed by atoms with van der Waals surface area (Å²) in [4.78, 5) is 15.9. The van der Waals surface area contributed by atoms with E-state index in [1.165, 1.54) is 18.2 Å². The number of halogens is 4. The van der Waals surface area contributed by atoms with Crippen molar-refractivity contribution in [3.63, 3.8) is 0 Å². The third-order valence-electron chi connectivity index (χ3n) is 3.24. The van der Waals surface area contributed by atoms with Crippen LogP contribution in [0.4, 0.5) is 13.2 Å². The number of alkyl halides is 3.